The third-order valence-corrected chi connectivity index (χ3v) is 8.06. The van der Waals surface area contributed by atoms with Gasteiger partial charge in [0.1, 0.15) is 0 Å². The van der Waals surface area contributed by atoms with Crippen molar-refractivity contribution < 1.29 is 19.1 Å². The van der Waals surface area contributed by atoms with Crippen molar-refractivity contribution in [2.24, 2.45) is 17.4 Å². The van der Waals surface area contributed by atoms with Crippen molar-refractivity contribution >= 4 is 17.7 Å². The first-order chi connectivity index (χ1) is 17.9. The van der Waals surface area contributed by atoms with Crippen LogP contribution in [0.3, 0.4) is 0 Å². The molecule has 1 heterocycles. The molecule has 4 rings (SSSR count). The highest BCUT2D eigenvalue weighted by molar-refractivity contribution is 6.01. The molecule has 3 atom stereocenters. The van der Waals surface area contributed by atoms with Gasteiger partial charge in [-0.15, -0.1) is 0 Å². The average Bonchev–Trinajstić information content (AvgIpc) is 3.23. The fraction of sp³-hybridized carbons (Fsp3) is 0.500. The number of nitrogens with two attached hydrogens (primary N) is 2. The standard InChI is InChI=1S/C30H39N3O4/c1-37-27(34)19-24-18-26(33(30(24)36)17-5-8-20-6-3-2-4-7-20)28(32)29(35)23-11-9-21(10-12-23)22-13-15-25(31)16-14-22/h2-4,6-7,9-12,22,24-26,28H,5,8,13-19,31-32H2,1H3/t22-,24-,25+,26-,28?/m0/s1. The van der Waals surface area contributed by atoms with E-state index < -0.39 is 24.0 Å². The van der Waals surface area contributed by atoms with Crippen LogP contribution in [0, 0.1) is 5.92 Å². The van der Waals surface area contributed by atoms with Gasteiger partial charge in [-0.25, -0.2) is 0 Å². The van der Waals surface area contributed by atoms with Crippen LogP contribution in [0.4, 0.5) is 0 Å². The van der Waals surface area contributed by atoms with Gasteiger partial charge in [-0.1, -0.05) is 54.6 Å². The Kier molecular flexibility index (Phi) is 9.11. The summed E-state index contributed by atoms with van der Waals surface area (Å²) in [6.45, 7) is 0.486. The van der Waals surface area contributed by atoms with Gasteiger partial charge in [-0.3, -0.25) is 14.4 Å². The summed E-state index contributed by atoms with van der Waals surface area (Å²) in [5.41, 5.74) is 15.6. The molecule has 37 heavy (non-hydrogen) atoms. The molecule has 1 amide bonds. The highest BCUT2D eigenvalue weighted by atomic mass is 16.5. The summed E-state index contributed by atoms with van der Waals surface area (Å²) in [7, 11) is 1.32. The van der Waals surface area contributed by atoms with E-state index in [1.165, 1.54) is 18.2 Å². The largest absolute Gasteiger partial charge is 0.469 e. The van der Waals surface area contributed by atoms with E-state index >= 15 is 0 Å². The number of likely N-dealkylation sites (tertiary alicyclic amines) is 1. The molecule has 0 aromatic heterocycles. The summed E-state index contributed by atoms with van der Waals surface area (Å²) < 4.78 is 4.80. The average molecular weight is 506 g/mol. The van der Waals surface area contributed by atoms with E-state index in [1.807, 2.05) is 42.5 Å². The van der Waals surface area contributed by atoms with Crippen LogP contribution in [0.15, 0.2) is 54.6 Å². The molecule has 0 spiro atoms. The van der Waals surface area contributed by atoms with E-state index in [9.17, 15) is 14.4 Å². The van der Waals surface area contributed by atoms with Crippen molar-refractivity contribution in [3.05, 3.63) is 71.3 Å². The lowest BCUT2D eigenvalue weighted by atomic mass is 9.81. The zero-order valence-electron chi connectivity index (χ0n) is 21.7. The summed E-state index contributed by atoms with van der Waals surface area (Å²) in [5.74, 6) is -0.779. The monoisotopic (exact) mass is 505 g/mol. The van der Waals surface area contributed by atoms with Crippen LogP contribution < -0.4 is 11.5 Å². The van der Waals surface area contributed by atoms with Gasteiger partial charge < -0.3 is 21.1 Å². The zero-order chi connectivity index (χ0) is 26.4. The molecule has 0 bridgehead atoms. The van der Waals surface area contributed by atoms with Crippen LogP contribution in [-0.4, -0.2) is 54.3 Å². The molecule has 2 fully saturated rings. The van der Waals surface area contributed by atoms with Gasteiger partial charge in [0.05, 0.1) is 31.5 Å². The van der Waals surface area contributed by atoms with Gasteiger partial charge in [0.2, 0.25) is 5.91 Å². The normalized spacial score (nSPS) is 24.6. The van der Waals surface area contributed by atoms with Crippen molar-refractivity contribution in [2.45, 2.75) is 75.4 Å². The Labute approximate surface area is 219 Å². The molecule has 1 saturated carbocycles. The number of esters is 1. The Hall–Kier alpha value is -3.03. The molecule has 2 aliphatic rings. The van der Waals surface area contributed by atoms with Gasteiger partial charge in [0, 0.05) is 18.2 Å². The quantitative estimate of drug-likeness (QED) is 0.377. The minimum Gasteiger partial charge on any atom is -0.469 e. The van der Waals surface area contributed by atoms with E-state index in [1.54, 1.807) is 4.90 Å². The maximum Gasteiger partial charge on any atom is 0.306 e. The minimum atomic E-state index is -0.859. The molecular formula is C30H39N3O4. The number of amides is 1. The predicted molar refractivity (Wildman–Crippen MR) is 143 cm³/mol. The molecule has 198 valence electrons. The molecule has 0 radical (unpaired) electrons. The van der Waals surface area contributed by atoms with Crippen molar-refractivity contribution in [1.82, 2.24) is 4.90 Å². The maximum absolute atomic E-state index is 13.4. The first-order valence-corrected chi connectivity index (χ1v) is 13.4. The third-order valence-electron chi connectivity index (χ3n) is 8.06. The Morgan fingerprint density at radius 1 is 1.03 bits per heavy atom. The summed E-state index contributed by atoms with van der Waals surface area (Å²) in [6.07, 6.45) is 6.12. The fourth-order valence-electron chi connectivity index (χ4n) is 5.83. The maximum atomic E-state index is 13.4. The number of hydrogen-bond acceptors (Lipinski definition) is 6. The molecule has 1 unspecified atom stereocenters. The Bertz CT molecular complexity index is 1060. The number of Topliss-reactive ketones (excluding diaryl/α,β-unsaturated/α-hetero) is 1. The van der Waals surface area contributed by atoms with Crippen molar-refractivity contribution in [3.8, 4) is 0 Å². The molecule has 7 nitrogen and oxygen atoms in total. The lowest BCUT2D eigenvalue weighted by molar-refractivity contribution is -0.144. The first kappa shape index (κ1) is 27.0. The van der Waals surface area contributed by atoms with Crippen LogP contribution in [0.5, 0.6) is 0 Å². The summed E-state index contributed by atoms with van der Waals surface area (Å²) in [4.78, 5) is 40.3. The van der Waals surface area contributed by atoms with E-state index in [4.69, 9.17) is 16.2 Å². The number of aryl methyl sites for hydroxylation is 1. The van der Waals surface area contributed by atoms with Gasteiger partial charge >= 0.3 is 5.97 Å². The van der Waals surface area contributed by atoms with Crippen molar-refractivity contribution in [1.29, 1.82) is 0 Å². The van der Waals surface area contributed by atoms with Gasteiger partial charge in [-0.2, -0.15) is 0 Å². The lowest BCUT2D eigenvalue weighted by Crippen LogP contribution is -2.50. The molecule has 2 aromatic rings. The summed E-state index contributed by atoms with van der Waals surface area (Å²) >= 11 is 0. The Morgan fingerprint density at radius 3 is 2.35 bits per heavy atom. The summed E-state index contributed by atoms with van der Waals surface area (Å²) in [5, 5.41) is 0. The second-order valence-electron chi connectivity index (χ2n) is 10.5. The zero-order valence-corrected chi connectivity index (χ0v) is 21.7. The molecule has 4 N–H and O–H groups in total. The highest BCUT2D eigenvalue weighted by Crippen LogP contribution is 2.33. The Morgan fingerprint density at radius 2 is 1.70 bits per heavy atom. The topological polar surface area (TPSA) is 116 Å². The number of benzene rings is 2. The van der Waals surface area contributed by atoms with Crippen molar-refractivity contribution in [3.63, 3.8) is 0 Å². The SMILES string of the molecule is COC(=O)C[C@@H]1C[C@@H](C(N)C(=O)c2ccc([C@H]3CC[C@@H](N)CC3)cc2)N(CCCc2ccccc2)C1=O. The first-order valence-electron chi connectivity index (χ1n) is 13.4. The number of hydrogen-bond donors (Lipinski definition) is 2. The molecule has 1 aliphatic carbocycles. The number of ether oxygens (including phenoxy) is 1. The molecule has 2 aromatic carbocycles. The highest BCUT2D eigenvalue weighted by Gasteiger charge is 2.44. The second-order valence-corrected chi connectivity index (χ2v) is 10.5. The van der Waals surface area contributed by atoms with Crippen LogP contribution in [0.2, 0.25) is 0 Å². The van der Waals surface area contributed by atoms with Gasteiger partial charge in [0.25, 0.3) is 0 Å². The van der Waals surface area contributed by atoms with E-state index in [2.05, 4.69) is 12.1 Å². The minimum absolute atomic E-state index is 0.00166. The number of ketones is 1. The Balaban J connectivity index is 1.44. The molecule has 7 heteroatoms. The molecule has 1 saturated heterocycles. The lowest BCUT2D eigenvalue weighted by Gasteiger charge is -2.29. The van der Waals surface area contributed by atoms with Crippen LogP contribution in [0.1, 0.15) is 72.3 Å². The van der Waals surface area contributed by atoms with E-state index in [0.717, 1.165) is 38.5 Å². The van der Waals surface area contributed by atoms with E-state index in [0.29, 0.717) is 30.5 Å². The smallest absolute Gasteiger partial charge is 0.306 e. The van der Waals surface area contributed by atoms with Crippen molar-refractivity contribution in [2.75, 3.05) is 13.7 Å². The van der Waals surface area contributed by atoms with Crippen LogP contribution in [0.25, 0.3) is 0 Å². The summed E-state index contributed by atoms with van der Waals surface area (Å²) in [6, 6.07) is 16.8. The van der Waals surface area contributed by atoms with Gasteiger partial charge in [0.15, 0.2) is 5.78 Å². The number of carbonyl (C=O) groups excluding carboxylic acids is 3. The number of nitrogens with zero attached hydrogens (tertiary/aromatic N) is 1. The second kappa shape index (κ2) is 12.5. The fourth-order valence-corrected chi connectivity index (χ4v) is 5.83. The predicted octanol–water partition coefficient (Wildman–Crippen LogP) is 3.59. The van der Waals surface area contributed by atoms with Gasteiger partial charge in [-0.05, 0) is 62.0 Å². The van der Waals surface area contributed by atoms with Crippen LogP contribution in [-0.2, 0) is 20.7 Å². The number of methoxy groups -OCH3 is 1. The molecular weight excluding hydrogens is 466 g/mol. The number of carbonyl (C=O) groups is 3. The van der Waals surface area contributed by atoms with E-state index in [-0.39, 0.29) is 18.1 Å². The molecule has 1 aliphatic heterocycles. The van der Waals surface area contributed by atoms with Crippen LogP contribution >= 0.6 is 0 Å². The number of rotatable bonds is 10. The third kappa shape index (κ3) is 6.65.